The van der Waals surface area contributed by atoms with E-state index in [1.54, 1.807) is 18.2 Å². The maximum atomic E-state index is 13.1. The van der Waals surface area contributed by atoms with Crippen LogP contribution in [0.5, 0.6) is 5.75 Å². The van der Waals surface area contributed by atoms with Crippen molar-refractivity contribution in [1.29, 1.82) is 0 Å². The van der Waals surface area contributed by atoms with E-state index in [0.717, 1.165) is 32.4 Å². The average molecular weight is 323 g/mol. The Bertz CT molecular complexity index is 548. The summed E-state index contributed by atoms with van der Waals surface area (Å²) in [6.07, 6.45) is 3.21. The van der Waals surface area contributed by atoms with Crippen molar-refractivity contribution in [2.24, 2.45) is 0 Å². The molecular weight excluding hydrogens is 300 g/mol. The molecule has 2 heterocycles. The van der Waals surface area contributed by atoms with Crippen LogP contribution in [0.1, 0.15) is 43.5 Å². The van der Waals surface area contributed by atoms with Crippen molar-refractivity contribution in [1.82, 2.24) is 10.2 Å². The highest BCUT2D eigenvalue weighted by Crippen LogP contribution is 2.33. The predicted octanol–water partition coefficient (Wildman–Crippen LogP) is 3.09. The third-order valence-electron chi connectivity index (χ3n) is 4.42. The summed E-state index contributed by atoms with van der Waals surface area (Å²) in [7, 11) is 0. The molecule has 0 aromatic heterocycles. The summed E-state index contributed by atoms with van der Waals surface area (Å²) in [4.78, 5) is 15.2. The fraction of sp³-hybridized carbons (Fsp3) is 0.588. The van der Waals surface area contributed by atoms with Gasteiger partial charge in [-0.2, -0.15) is 0 Å². The Morgan fingerprint density at radius 1 is 1.32 bits per heavy atom. The van der Waals surface area contributed by atoms with Crippen LogP contribution in [-0.2, 0) is 0 Å². The summed E-state index contributed by atoms with van der Waals surface area (Å²) in [5, 5.41) is 3.99. The number of benzene rings is 1. The Kier molecular flexibility index (Phi) is 4.59. The van der Waals surface area contributed by atoms with Gasteiger partial charge in [0.2, 0.25) is 0 Å². The van der Waals surface area contributed by atoms with E-state index in [-0.39, 0.29) is 18.1 Å². The zero-order chi connectivity index (χ0) is 15.7. The van der Waals surface area contributed by atoms with Crippen LogP contribution < -0.4 is 10.1 Å². The number of carbonyl (C=O) groups excluding carboxylic acids is 1. The Morgan fingerprint density at radius 3 is 2.86 bits per heavy atom. The highest BCUT2D eigenvalue weighted by molar-refractivity contribution is 6.31. The first-order valence-corrected chi connectivity index (χ1v) is 8.43. The minimum Gasteiger partial charge on any atom is -0.490 e. The van der Waals surface area contributed by atoms with Crippen molar-refractivity contribution in [2.45, 2.75) is 51.3 Å². The molecule has 0 saturated carbocycles. The number of nitrogens with zero attached hydrogens (tertiary/aromatic N) is 1. The van der Waals surface area contributed by atoms with Crippen LogP contribution in [0.25, 0.3) is 0 Å². The van der Waals surface area contributed by atoms with Gasteiger partial charge in [0, 0.05) is 23.7 Å². The molecule has 2 unspecified atom stereocenters. The second kappa shape index (κ2) is 6.47. The lowest BCUT2D eigenvalue weighted by Crippen LogP contribution is -2.42. The molecule has 2 aliphatic rings. The van der Waals surface area contributed by atoms with Crippen molar-refractivity contribution in [3.63, 3.8) is 0 Å². The molecule has 2 atom stereocenters. The van der Waals surface area contributed by atoms with Gasteiger partial charge in [-0.1, -0.05) is 11.6 Å². The standard InChI is InChI=1S/C17H23ClN2O2/c1-11(2)22-16-6-3-12(18)9-15(16)17(21)20-13-4-5-14(20)10-19-8-7-13/h3,6,9,11,13-14,19H,4-5,7-8,10H2,1-2H3. The molecule has 1 aromatic rings. The fourth-order valence-electron chi connectivity index (χ4n) is 3.48. The quantitative estimate of drug-likeness (QED) is 0.929. The van der Waals surface area contributed by atoms with Gasteiger partial charge in [-0.25, -0.2) is 0 Å². The SMILES string of the molecule is CC(C)Oc1ccc(Cl)cc1C(=O)N1C2CCNCC1CC2. The van der Waals surface area contributed by atoms with Gasteiger partial charge >= 0.3 is 0 Å². The van der Waals surface area contributed by atoms with Gasteiger partial charge in [0.05, 0.1) is 11.7 Å². The van der Waals surface area contributed by atoms with Gasteiger partial charge in [0.1, 0.15) is 5.75 Å². The Balaban J connectivity index is 1.92. The second-order valence-electron chi connectivity index (χ2n) is 6.40. The Hall–Kier alpha value is -1.26. The topological polar surface area (TPSA) is 41.6 Å². The molecule has 120 valence electrons. The average Bonchev–Trinajstić information content (AvgIpc) is 2.73. The van der Waals surface area contributed by atoms with Gasteiger partial charge in [0.25, 0.3) is 5.91 Å². The van der Waals surface area contributed by atoms with Crippen LogP contribution in [0.15, 0.2) is 18.2 Å². The molecule has 4 nitrogen and oxygen atoms in total. The third kappa shape index (κ3) is 3.08. The zero-order valence-corrected chi connectivity index (χ0v) is 13.9. The lowest BCUT2D eigenvalue weighted by Gasteiger charge is -2.29. The summed E-state index contributed by atoms with van der Waals surface area (Å²) >= 11 is 6.12. The van der Waals surface area contributed by atoms with E-state index in [4.69, 9.17) is 16.3 Å². The molecule has 0 aliphatic carbocycles. The van der Waals surface area contributed by atoms with Crippen molar-refractivity contribution in [3.8, 4) is 5.75 Å². The molecule has 0 spiro atoms. The number of ether oxygens (including phenoxy) is 1. The van der Waals surface area contributed by atoms with Crippen molar-refractivity contribution in [2.75, 3.05) is 13.1 Å². The largest absolute Gasteiger partial charge is 0.490 e. The zero-order valence-electron chi connectivity index (χ0n) is 13.1. The van der Waals surface area contributed by atoms with E-state index in [1.165, 1.54) is 0 Å². The smallest absolute Gasteiger partial charge is 0.258 e. The molecule has 2 fully saturated rings. The predicted molar refractivity (Wildman–Crippen MR) is 87.7 cm³/mol. The molecule has 22 heavy (non-hydrogen) atoms. The third-order valence-corrected chi connectivity index (χ3v) is 4.66. The Morgan fingerprint density at radius 2 is 2.09 bits per heavy atom. The molecule has 2 bridgehead atoms. The van der Waals surface area contributed by atoms with Gasteiger partial charge in [0.15, 0.2) is 0 Å². The van der Waals surface area contributed by atoms with Gasteiger partial charge in [-0.05, 0) is 57.9 Å². The lowest BCUT2D eigenvalue weighted by molar-refractivity contribution is 0.0674. The van der Waals surface area contributed by atoms with Crippen molar-refractivity contribution >= 4 is 17.5 Å². The molecule has 2 saturated heterocycles. The molecule has 1 aromatic carbocycles. The molecule has 0 radical (unpaired) electrons. The normalized spacial score (nSPS) is 24.5. The molecule has 3 rings (SSSR count). The first kappa shape index (κ1) is 15.6. The van der Waals surface area contributed by atoms with Crippen LogP contribution in [0.2, 0.25) is 5.02 Å². The first-order valence-electron chi connectivity index (χ1n) is 8.06. The molecular formula is C17H23ClN2O2. The second-order valence-corrected chi connectivity index (χ2v) is 6.83. The number of rotatable bonds is 3. The molecule has 1 N–H and O–H groups in total. The van der Waals surface area contributed by atoms with Crippen LogP contribution in [-0.4, -0.2) is 42.1 Å². The van der Waals surface area contributed by atoms with Crippen molar-refractivity contribution in [3.05, 3.63) is 28.8 Å². The monoisotopic (exact) mass is 322 g/mol. The summed E-state index contributed by atoms with van der Waals surface area (Å²) in [5.74, 6) is 0.676. The number of nitrogens with one attached hydrogen (secondary N) is 1. The van der Waals surface area contributed by atoms with Crippen LogP contribution >= 0.6 is 11.6 Å². The summed E-state index contributed by atoms with van der Waals surface area (Å²) < 4.78 is 5.81. The van der Waals surface area contributed by atoms with E-state index in [9.17, 15) is 4.79 Å². The summed E-state index contributed by atoms with van der Waals surface area (Å²) in [6, 6.07) is 5.92. The first-order chi connectivity index (χ1) is 10.6. The number of fused-ring (bicyclic) bond motifs is 2. The van der Waals surface area contributed by atoms with Crippen molar-refractivity contribution < 1.29 is 9.53 Å². The van der Waals surface area contributed by atoms with Gasteiger partial charge < -0.3 is 15.0 Å². The highest BCUT2D eigenvalue weighted by Gasteiger charge is 2.39. The number of hydrogen-bond acceptors (Lipinski definition) is 3. The highest BCUT2D eigenvalue weighted by atomic mass is 35.5. The summed E-state index contributed by atoms with van der Waals surface area (Å²) in [6.45, 7) is 5.78. The number of halogens is 1. The van der Waals surface area contributed by atoms with E-state index in [0.29, 0.717) is 22.4 Å². The minimum atomic E-state index is 0.0234. The molecule has 1 amide bonds. The maximum Gasteiger partial charge on any atom is 0.258 e. The van der Waals surface area contributed by atoms with Gasteiger partial charge in [-0.15, -0.1) is 0 Å². The lowest BCUT2D eigenvalue weighted by atomic mass is 10.1. The van der Waals surface area contributed by atoms with Crippen LogP contribution in [0, 0.1) is 0 Å². The number of amides is 1. The molecule has 2 aliphatic heterocycles. The van der Waals surface area contributed by atoms with Crippen LogP contribution in [0.4, 0.5) is 0 Å². The van der Waals surface area contributed by atoms with E-state index in [1.807, 2.05) is 13.8 Å². The molecule has 5 heteroatoms. The Labute approximate surface area is 136 Å². The van der Waals surface area contributed by atoms with E-state index < -0.39 is 0 Å². The fourth-order valence-corrected chi connectivity index (χ4v) is 3.65. The number of hydrogen-bond donors (Lipinski definition) is 1. The van der Waals surface area contributed by atoms with Crippen LogP contribution in [0.3, 0.4) is 0 Å². The minimum absolute atomic E-state index is 0.0234. The van der Waals surface area contributed by atoms with E-state index in [2.05, 4.69) is 10.2 Å². The maximum absolute atomic E-state index is 13.1. The van der Waals surface area contributed by atoms with E-state index >= 15 is 0 Å². The van der Waals surface area contributed by atoms with Gasteiger partial charge in [-0.3, -0.25) is 4.79 Å². The summed E-state index contributed by atoms with van der Waals surface area (Å²) in [5.41, 5.74) is 0.583. The number of carbonyl (C=O) groups is 1.